The maximum absolute atomic E-state index is 13.9. The molecule has 0 radical (unpaired) electrons. The first-order valence-electron chi connectivity index (χ1n) is 5.93. The number of nitrogens with one attached hydrogen (secondary N) is 1. The average Bonchev–Trinajstić information content (AvgIpc) is 2.41. The van der Waals surface area contributed by atoms with Crippen LogP contribution in [0, 0.1) is 12.7 Å². The van der Waals surface area contributed by atoms with E-state index >= 15 is 0 Å². The zero-order valence-corrected chi connectivity index (χ0v) is 10.5. The Labute approximate surface area is 110 Å². The van der Waals surface area contributed by atoms with Gasteiger partial charge in [0.25, 0.3) is 5.92 Å². The molecule has 0 amide bonds. The summed E-state index contributed by atoms with van der Waals surface area (Å²) in [6.07, 6.45) is 0. The molecule has 19 heavy (non-hydrogen) atoms. The molecule has 0 atom stereocenters. The van der Waals surface area contributed by atoms with Gasteiger partial charge < -0.3 is 5.32 Å². The standard InChI is InChI=1S/C15H14F3N/c1-11-13(16)8-5-9-14(11)19-10-15(17,18)12-6-3-2-4-7-12/h2-9,19H,10H2,1H3. The van der Waals surface area contributed by atoms with Crippen LogP contribution in [0.15, 0.2) is 48.5 Å². The highest BCUT2D eigenvalue weighted by atomic mass is 19.3. The van der Waals surface area contributed by atoms with Crippen molar-refractivity contribution in [2.75, 3.05) is 11.9 Å². The lowest BCUT2D eigenvalue weighted by Gasteiger charge is -2.19. The van der Waals surface area contributed by atoms with E-state index in [4.69, 9.17) is 0 Å². The Bertz CT molecular complexity index is 553. The minimum absolute atomic E-state index is 0.0587. The fourth-order valence-corrected chi connectivity index (χ4v) is 1.79. The lowest BCUT2D eigenvalue weighted by Crippen LogP contribution is -2.25. The normalized spacial score (nSPS) is 11.4. The summed E-state index contributed by atoms with van der Waals surface area (Å²) in [5.41, 5.74) is 0.665. The van der Waals surface area contributed by atoms with E-state index in [1.54, 1.807) is 31.2 Å². The molecule has 2 rings (SSSR count). The number of alkyl halides is 2. The SMILES string of the molecule is Cc1c(F)cccc1NCC(F)(F)c1ccccc1. The molecule has 0 aliphatic carbocycles. The van der Waals surface area contributed by atoms with Gasteiger partial charge in [-0.25, -0.2) is 4.39 Å². The van der Waals surface area contributed by atoms with E-state index in [2.05, 4.69) is 5.32 Å². The summed E-state index contributed by atoms with van der Waals surface area (Å²) in [7, 11) is 0. The van der Waals surface area contributed by atoms with Crippen molar-refractivity contribution in [1.29, 1.82) is 0 Å². The molecule has 4 heteroatoms. The molecule has 0 unspecified atom stereocenters. The second-order valence-electron chi connectivity index (χ2n) is 4.34. The van der Waals surface area contributed by atoms with E-state index in [1.165, 1.54) is 24.3 Å². The van der Waals surface area contributed by atoms with E-state index < -0.39 is 18.3 Å². The van der Waals surface area contributed by atoms with Crippen LogP contribution in [0.5, 0.6) is 0 Å². The molecule has 0 saturated heterocycles. The number of anilines is 1. The molecular weight excluding hydrogens is 251 g/mol. The van der Waals surface area contributed by atoms with Crippen LogP contribution in [0.2, 0.25) is 0 Å². The van der Waals surface area contributed by atoms with Gasteiger partial charge in [0.15, 0.2) is 0 Å². The summed E-state index contributed by atoms with van der Waals surface area (Å²) in [4.78, 5) is 0. The van der Waals surface area contributed by atoms with Gasteiger partial charge in [0.2, 0.25) is 0 Å². The van der Waals surface area contributed by atoms with Crippen molar-refractivity contribution < 1.29 is 13.2 Å². The first-order chi connectivity index (χ1) is 9.00. The highest BCUT2D eigenvalue weighted by molar-refractivity contribution is 5.51. The van der Waals surface area contributed by atoms with Gasteiger partial charge in [-0.3, -0.25) is 0 Å². The molecule has 100 valence electrons. The average molecular weight is 265 g/mol. The van der Waals surface area contributed by atoms with Crippen molar-refractivity contribution >= 4 is 5.69 Å². The van der Waals surface area contributed by atoms with Crippen molar-refractivity contribution in [2.45, 2.75) is 12.8 Å². The monoisotopic (exact) mass is 265 g/mol. The number of hydrogen-bond acceptors (Lipinski definition) is 1. The van der Waals surface area contributed by atoms with E-state index in [1.807, 2.05) is 0 Å². The van der Waals surface area contributed by atoms with Gasteiger partial charge >= 0.3 is 0 Å². The Morgan fingerprint density at radius 3 is 2.37 bits per heavy atom. The van der Waals surface area contributed by atoms with Crippen LogP contribution in [0.25, 0.3) is 0 Å². The predicted octanol–water partition coefficient (Wildman–Crippen LogP) is 4.34. The fourth-order valence-electron chi connectivity index (χ4n) is 1.79. The van der Waals surface area contributed by atoms with Crippen LogP contribution >= 0.6 is 0 Å². The van der Waals surface area contributed by atoms with Gasteiger partial charge in [-0.15, -0.1) is 0 Å². The summed E-state index contributed by atoms with van der Waals surface area (Å²) in [6.45, 7) is 0.986. The largest absolute Gasteiger partial charge is 0.378 e. The lowest BCUT2D eigenvalue weighted by molar-refractivity contribution is 0.0106. The third kappa shape index (κ3) is 3.08. The summed E-state index contributed by atoms with van der Waals surface area (Å²) in [6, 6.07) is 11.9. The lowest BCUT2D eigenvalue weighted by atomic mass is 10.1. The van der Waals surface area contributed by atoms with Crippen molar-refractivity contribution in [3.05, 3.63) is 65.5 Å². The molecule has 0 heterocycles. The van der Waals surface area contributed by atoms with Crippen molar-refractivity contribution in [3.63, 3.8) is 0 Å². The first-order valence-corrected chi connectivity index (χ1v) is 5.93. The zero-order valence-electron chi connectivity index (χ0n) is 10.5. The van der Waals surface area contributed by atoms with Gasteiger partial charge in [-0.1, -0.05) is 36.4 Å². The Hall–Kier alpha value is -1.97. The predicted molar refractivity (Wildman–Crippen MR) is 70.0 cm³/mol. The van der Waals surface area contributed by atoms with E-state index in [0.717, 1.165) is 0 Å². The van der Waals surface area contributed by atoms with E-state index in [0.29, 0.717) is 11.3 Å². The van der Waals surface area contributed by atoms with Crippen molar-refractivity contribution in [2.24, 2.45) is 0 Å². The molecular formula is C15H14F3N. The fraction of sp³-hybridized carbons (Fsp3) is 0.200. The molecule has 0 saturated carbocycles. The Morgan fingerprint density at radius 2 is 1.68 bits per heavy atom. The zero-order chi connectivity index (χ0) is 13.9. The van der Waals surface area contributed by atoms with Crippen LogP contribution in [-0.2, 0) is 5.92 Å². The van der Waals surface area contributed by atoms with E-state index in [9.17, 15) is 13.2 Å². The summed E-state index contributed by atoms with van der Waals surface area (Å²) >= 11 is 0. The molecule has 0 aromatic heterocycles. The van der Waals surface area contributed by atoms with Gasteiger partial charge in [0.1, 0.15) is 5.82 Å². The van der Waals surface area contributed by atoms with Gasteiger partial charge in [-0.2, -0.15) is 8.78 Å². The maximum Gasteiger partial charge on any atom is 0.290 e. The summed E-state index contributed by atoms with van der Waals surface area (Å²) in [5, 5.41) is 2.60. The molecule has 0 spiro atoms. The number of rotatable bonds is 4. The third-order valence-electron chi connectivity index (χ3n) is 2.96. The third-order valence-corrected chi connectivity index (χ3v) is 2.96. The minimum atomic E-state index is -3.00. The smallest absolute Gasteiger partial charge is 0.290 e. The van der Waals surface area contributed by atoms with Crippen LogP contribution in [0.1, 0.15) is 11.1 Å². The second-order valence-corrected chi connectivity index (χ2v) is 4.34. The molecule has 2 aromatic rings. The Kier molecular flexibility index (Phi) is 3.79. The Morgan fingerprint density at radius 1 is 1.00 bits per heavy atom. The van der Waals surface area contributed by atoms with Crippen LogP contribution in [0.3, 0.4) is 0 Å². The molecule has 0 aliphatic heterocycles. The van der Waals surface area contributed by atoms with Crippen LogP contribution in [0.4, 0.5) is 18.9 Å². The summed E-state index contributed by atoms with van der Waals surface area (Å²) in [5.74, 6) is -3.41. The summed E-state index contributed by atoms with van der Waals surface area (Å²) < 4.78 is 41.1. The number of benzene rings is 2. The molecule has 0 bridgehead atoms. The quantitative estimate of drug-likeness (QED) is 0.867. The number of halogens is 3. The molecule has 1 N–H and O–H groups in total. The maximum atomic E-state index is 13.9. The van der Waals surface area contributed by atoms with Crippen LogP contribution in [-0.4, -0.2) is 6.54 Å². The topological polar surface area (TPSA) is 12.0 Å². The van der Waals surface area contributed by atoms with Gasteiger partial charge in [0, 0.05) is 16.8 Å². The first kappa shape index (κ1) is 13.5. The molecule has 0 fully saturated rings. The molecule has 0 aliphatic rings. The molecule has 2 aromatic carbocycles. The Balaban J connectivity index is 2.12. The van der Waals surface area contributed by atoms with Gasteiger partial charge in [0.05, 0.1) is 6.54 Å². The van der Waals surface area contributed by atoms with Crippen molar-refractivity contribution in [3.8, 4) is 0 Å². The van der Waals surface area contributed by atoms with E-state index in [-0.39, 0.29) is 5.56 Å². The highest BCUT2D eigenvalue weighted by Crippen LogP contribution is 2.28. The van der Waals surface area contributed by atoms with Crippen molar-refractivity contribution in [1.82, 2.24) is 0 Å². The minimum Gasteiger partial charge on any atom is -0.378 e. The highest BCUT2D eigenvalue weighted by Gasteiger charge is 2.31. The van der Waals surface area contributed by atoms with Crippen LogP contribution < -0.4 is 5.32 Å². The second kappa shape index (κ2) is 5.34. The number of hydrogen-bond donors (Lipinski definition) is 1. The van der Waals surface area contributed by atoms with Gasteiger partial charge in [-0.05, 0) is 19.1 Å². The molecule has 1 nitrogen and oxygen atoms in total.